The van der Waals surface area contributed by atoms with Crippen molar-refractivity contribution in [3.8, 4) is 0 Å². The highest BCUT2D eigenvalue weighted by Gasteiger charge is 2.54. The number of halogens is 2. The van der Waals surface area contributed by atoms with Crippen LogP contribution in [0.15, 0.2) is 21.6 Å². The molecule has 0 aromatic carbocycles. The number of hydrogen-bond acceptors (Lipinski definition) is 12. The number of carbonyl (C=O) groups excluding carboxylic acids is 2. The lowest BCUT2D eigenvalue weighted by Gasteiger charge is -2.49. The van der Waals surface area contributed by atoms with Crippen LogP contribution in [0.3, 0.4) is 0 Å². The molecule has 0 radical (unpaired) electrons. The van der Waals surface area contributed by atoms with Gasteiger partial charge in [-0.2, -0.15) is 9.36 Å². The number of hydrogen-bond donors (Lipinski definition) is 4. The first-order valence-corrected chi connectivity index (χ1v) is 10.0. The summed E-state index contributed by atoms with van der Waals surface area (Å²) in [6, 6.07) is -1.11. The van der Waals surface area contributed by atoms with Gasteiger partial charge in [0.15, 0.2) is 5.13 Å². The Bertz CT molecular complexity index is 998. The Balaban J connectivity index is 1.71. The van der Waals surface area contributed by atoms with E-state index in [-0.39, 0.29) is 34.2 Å². The summed E-state index contributed by atoms with van der Waals surface area (Å²) in [4.78, 5) is 46.0. The summed E-state index contributed by atoms with van der Waals surface area (Å²) in [6.45, 7) is -0.413. The van der Waals surface area contributed by atoms with Gasteiger partial charge < -0.3 is 26.2 Å². The van der Waals surface area contributed by atoms with Gasteiger partial charge in [0, 0.05) is 22.9 Å². The van der Waals surface area contributed by atoms with E-state index in [1.54, 1.807) is 0 Å². The molecule has 1 fully saturated rings. The predicted octanol–water partition coefficient (Wildman–Crippen LogP) is -0.695. The molecular weight excluding hydrogens is 464 g/mol. The number of amides is 2. The number of alkyl halides is 2. The molecule has 166 valence electrons. The second-order valence-electron chi connectivity index (χ2n) is 5.89. The van der Waals surface area contributed by atoms with Crippen LogP contribution in [0.2, 0.25) is 0 Å². The van der Waals surface area contributed by atoms with Crippen molar-refractivity contribution in [1.29, 1.82) is 0 Å². The summed E-state index contributed by atoms with van der Waals surface area (Å²) in [5.41, 5.74) is 4.63. The third-order valence-corrected chi connectivity index (χ3v) is 5.87. The minimum atomic E-state index is -2.83. The summed E-state index contributed by atoms with van der Waals surface area (Å²) in [7, 11) is 0. The van der Waals surface area contributed by atoms with Crippen molar-refractivity contribution in [3.05, 3.63) is 17.1 Å². The minimum absolute atomic E-state index is 0.0292. The van der Waals surface area contributed by atoms with Gasteiger partial charge in [-0.1, -0.05) is 10.3 Å². The molecule has 0 saturated carbocycles. The Morgan fingerprint density at radius 2 is 2.23 bits per heavy atom. The van der Waals surface area contributed by atoms with Gasteiger partial charge in [-0.3, -0.25) is 14.5 Å². The van der Waals surface area contributed by atoms with Crippen LogP contribution < -0.4 is 11.1 Å². The highest BCUT2D eigenvalue weighted by Crippen LogP contribution is 2.40. The topological polar surface area (TPSA) is 193 Å². The number of thioether (sulfide) groups is 1. The van der Waals surface area contributed by atoms with E-state index >= 15 is 0 Å². The quantitative estimate of drug-likeness (QED) is 0.161. The minimum Gasteiger partial charge on any atom is -0.477 e. The molecular formula is C14H13F2N7O6S2. The molecule has 0 bridgehead atoms. The summed E-state index contributed by atoms with van der Waals surface area (Å²) < 4.78 is 27.9. The van der Waals surface area contributed by atoms with Crippen LogP contribution in [-0.4, -0.2) is 84.5 Å². The average molecular weight is 477 g/mol. The lowest BCUT2D eigenvalue weighted by molar-refractivity contribution is -0.150. The van der Waals surface area contributed by atoms with Crippen LogP contribution in [0.1, 0.15) is 5.82 Å². The maximum atomic E-state index is 12.5. The zero-order chi connectivity index (χ0) is 22.7. The SMILES string of the molecule is Nc1nc(/C(=N/O)C(=O)N[C@@H]2C(=O)N3C(C(=O)O)=C(CON=CC(F)F)CS[C@H]23)ns1. The van der Waals surface area contributed by atoms with Crippen LogP contribution in [0, 0.1) is 0 Å². The van der Waals surface area contributed by atoms with E-state index in [4.69, 9.17) is 10.9 Å². The summed E-state index contributed by atoms with van der Waals surface area (Å²) >= 11 is 1.88. The Hall–Kier alpha value is -3.34. The Morgan fingerprint density at radius 3 is 2.81 bits per heavy atom. The molecule has 2 amide bonds. The zero-order valence-electron chi connectivity index (χ0n) is 15.1. The molecule has 0 spiro atoms. The van der Waals surface area contributed by atoms with Crippen LogP contribution in [-0.2, 0) is 19.2 Å². The number of nitrogens with two attached hydrogens (primary N) is 1. The van der Waals surface area contributed by atoms with Gasteiger partial charge in [0.05, 0.1) is 0 Å². The monoisotopic (exact) mass is 477 g/mol. The number of nitrogen functional groups attached to an aromatic ring is 1. The Kier molecular flexibility index (Phi) is 6.64. The van der Waals surface area contributed by atoms with E-state index in [9.17, 15) is 28.3 Å². The second-order valence-corrected chi connectivity index (χ2v) is 7.77. The maximum absolute atomic E-state index is 12.5. The highest BCUT2D eigenvalue weighted by molar-refractivity contribution is 8.00. The van der Waals surface area contributed by atoms with Gasteiger partial charge in [-0.05, 0) is 0 Å². The first-order valence-electron chi connectivity index (χ1n) is 8.20. The molecule has 2 aliphatic rings. The fourth-order valence-electron chi connectivity index (χ4n) is 2.73. The van der Waals surface area contributed by atoms with Gasteiger partial charge >= 0.3 is 5.97 Å². The van der Waals surface area contributed by atoms with Gasteiger partial charge in [0.1, 0.15) is 29.9 Å². The Labute approximate surface area is 179 Å². The number of fused-ring (bicyclic) bond motifs is 1. The number of anilines is 1. The van der Waals surface area contributed by atoms with Crippen molar-refractivity contribution < 1.29 is 38.3 Å². The summed E-state index contributed by atoms with van der Waals surface area (Å²) in [5.74, 6) is -3.29. The first-order chi connectivity index (χ1) is 14.7. The molecule has 13 nitrogen and oxygen atoms in total. The fourth-order valence-corrected chi connectivity index (χ4v) is 4.49. The molecule has 5 N–H and O–H groups in total. The molecule has 31 heavy (non-hydrogen) atoms. The zero-order valence-corrected chi connectivity index (χ0v) is 16.8. The third-order valence-electron chi connectivity index (χ3n) is 3.99. The number of oxime groups is 2. The Morgan fingerprint density at radius 1 is 1.48 bits per heavy atom. The van der Waals surface area contributed by atoms with Crippen LogP contribution in [0.4, 0.5) is 13.9 Å². The number of carboxylic acid groups (broad SMARTS) is 1. The third kappa shape index (κ3) is 4.55. The van der Waals surface area contributed by atoms with Gasteiger partial charge in [0.25, 0.3) is 18.2 Å². The smallest absolute Gasteiger partial charge is 0.352 e. The number of nitrogens with zero attached hydrogens (tertiary/aromatic N) is 5. The van der Waals surface area contributed by atoms with Crippen LogP contribution in [0.5, 0.6) is 0 Å². The van der Waals surface area contributed by atoms with Crippen molar-refractivity contribution in [2.75, 3.05) is 18.1 Å². The first kappa shape index (κ1) is 22.3. The molecule has 2 atom stereocenters. The standard InChI is InChI=1S/C14H13F2N7O6S2/c15-5(16)1-18-29-2-4-3-30-12-7(11(25)23(12)8(4)13(26)27)19-10(24)6(21-28)9-20-14(17)31-22-9/h1,5,7,12,28H,2-3H2,(H,19,24)(H,26,27)(H2,17,20,22)/b18-1?,21-6-/t7-,12-/m1/s1. The van der Waals surface area contributed by atoms with Crippen molar-refractivity contribution in [3.63, 3.8) is 0 Å². The van der Waals surface area contributed by atoms with E-state index in [0.717, 1.165) is 28.2 Å². The number of carboxylic acids is 1. The number of aliphatic carboxylic acids is 1. The van der Waals surface area contributed by atoms with E-state index in [1.807, 2.05) is 0 Å². The maximum Gasteiger partial charge on any atom is 0.352 e. The lowest BCUT2D eigenvalue weighted by atomic mass is 10.0. The van der Waals surface area contributed by atoms with Gasteiger partial charge in [0.2, 0.25) is 11.5 Å². The normalized spacial score (nSPS) is 21.3. The lowest BCUT2D eigenvalue weighted by Crippen LogP contribution is -2.71. The molecule has 0 unspecified atom stereocenters. The molecule has 3 heterocycles. The fraction of sp³-hybridized carbons (Fsp3) is 0.357. The van der Waals surface area contributed by atoms with E-state index < -0.39 is 47.9 Å². The van der Waals surface area contributed by atoms with Crippen molar-refractivity contribution in [2.24, 2.45) is 10.3 Å². The van der Waals surface area contributed by atoms with Gasteiger partial charge in [-0.15, -0.1) is 11.8 Å². The van der Waals surface area contributed by atoms with E-state index in [1.165, 1.54) is 0 Å². The van der Waals surface area contributed by atoms with Crippen molar-refractivity contribution in [1.82, 2.24) is 19.6 Å². The number of rotatable bonds is 8. The molecule has 1 aromatic rings. The van der Waals surface area contributed by atoms with Crippen LogP contribution >= 0.6 is 23.3 Å². The van der Waals surface area contributed by atoms with Gasteiger partial charge in [-0.25, -0.2) is 13.6 Å². The molecule has 1 saturated heterocycles. The van der Waals surface area contributed by atoms with Crippen LogP contribution in [0.25, 0.3) is 0 Å². The highest BCUT2D eigenvalue weighted by atomic mass is 32.2. The van der Waals surface area contributed by atoms with Crippen molar-refractivity contribution in [2.45, 2.75) is 17.8 Å². The predicted molar refractivity (Wildman–Crippen MR) is 103 cm³/mol. The molecule has 2 aliphatic heterocycles. The molecule has 17 heteroatoms. The van der Waals surface area contributed by atoms with E-state index in [0.29, 0.717) is 0 Å². The molecule has 0 aliphatic carbocycles. The average Bonchev–Trinajstić information content (AvgIpc) is 3.14. The number of carbonyl (C=O) groups is 3. The number of aromatic nitrogens is 2. The summed E-state index contributed by atoms with van der Waals surface area (Å²) in [6.07, 6.45) is -2.59. The summed E-state index contributed by atoms with van der Waals surface area (Å²) in [5, 5.41) is 26.1. The largest absolute Gasteiger partial charge is 0.477 e. The van der Waals surface area contributed by atoms with E-state index in [2.05, 4.69) is 29.8 Å². The number of β-lactam (4-membered cyclic amide) rings is 1. The van der Waals surface area contributed by atoms with Crippen molar-refractivity contribution >= 4 is 58.1 Å². The molecule has 1 aromatic heterocycles. The second kappa shape index (κ2) is 9.21. The number of nitrogens with one attached hydrogen (secondary N) is 1. The molecule has 3 rings (SSSR count).